The van der Waals surface area contributed by atoms with Gasteiger partial charge in [0, 0.05) is 33.4 Å². The smallest absolute Gasteiger partial charge is 0.213 e. The molecule has 0 aliphatic heterocycles. The summed E-state index contributed by atoms with van der Waals surface area (Å²) >= 11 is 12.4. The lowest BCUT2D eigenvalue weighted by molar-refractivity contribution is 0.397. The average molecular weight is 293 g/mol. The number of rotatable bonds is 3. The first-order chi connectivity index (χ1) is 9.17. The number of hydrogen-bond donors (Lipinski definition) is 0. The molecule has 0 bridgehead atoms. The average Bonchev–Trinajstić information content (AvgIpc) is 2.40. The van der Waals surface area contributed by atoms with Crippen molar-refractivity contribution in [2.24, 2.45) is 0 Å². The number of aromatic nitrogens is 1. The maximum atomic E-state index is 8.92. The summed E-state index contributed by atoms with van der Waals surface area (Å²) in [5, 5.41) is 9.97. The highest BCUT2D eigenvalue weighted by Crippen LogP contribution is 2.37. The van der Waals surface area contributed by atoms with Gasteiger partial charge in [-0.25, -0.2) is 4.98 Å². The number of ether oxygens (including phenoxy) is 1. The van der Waals surface area contributed by atoms with Crippen molar-refractivity contribution < 1.29 is 4.74 Å². The van der Waals surface area contributed by atoms with Crippen LogP contribution in [0.5, 0.6) is 5.88 Å². The van der Waals surface area contributed by atoms with Crippen molar-refractivity contribution in [1.82, 2.24) is 4.98 Å². The van der Waals surface area contributed by atoms with E-state index in [0.717, 1.165) is 11.1 Å². The Morgan fingerprint density at radius 1 is 1.32 bits per heavy atom. The predicted molar refractivity (Wildman–Crippen MR) is 75.6 cm³/mol. The van der Waals surface area contributed by atoms with Crippen molar-refractivity contribution in [3.8, 4) is 23.1 Å². The van der Waals surface area contributed by atoms with Crippen molar-refractivity contribution >= 4 is 23.2 Å². The number of halogens is 2. The zero-order valence-electron chi connectivity index (χ0n) is 10.2. The third-order valence-electron chi connectivity index (χ3n) is 2.68. The minimum Gasteiger partial charge on any atom is -0.481 e. The number of nitriles is 1. The van der Waals surface area contributed by atoms with Gasteiger partial charge in [-0.2, -0.15) is 5.26 Å². The van der Waals surface area contributed by atoms with E-state index in [1.807, 2.05) is 0 Å². The Kier molecular flexibility index (Phi) is 4.26. The van der Waals surface area contributed by atoms with E-state index >= 15 is 0 Å². The Labute approximate surface area is 121 Å². The summed E-state index contributed by atoms with van der Waals surface area (Å²) in [7, 11) is 1.53. The van der Waals surface area contributed by atoms with Crippen LogP contribution >= 0.6 is 23.2 Å². The molecule has 19 heavy (non-hydrogen) atoms. The van der Waals surface area contributed by atoms with E-state index in [0.29, 0.717) is 21.5 Å². The molecule has 3 nitrogen and oxygen atoms in total. The molecule has 0 N–H and O–H groups in total. The van der Waals surface area contributed by atoms with E-state index in [1.165, 1.54) is 7.11 Å². The number of benzene rings is 1. The molecule has 0 aliphatic carbocycles. The molecule has 0 amide bonds. The maximum absolute atomic E-state index is 8.92. The number of nitrogens with zero attached hydrogens (tertiary/aromatic N) is 2. The van der Waals surface area contributed by atoms with Crippen LogP contribution in [0.4, 0.5) is 0 Å². The second-order valence-electron chi connectivity index (χ2n) is 3.82. The van der Waals surface area contributed by atoms with E-state index < -0.39 is 0 Å². The highest BCUT2D eigenvalue weighted by atomic mass is 35.5. The van der Waals surface area contributed by atoms with Gasteiger partial charge in [-0.15, -0.1) is 0 Å². The zero-order valence-corrected chi connectivity index (χ0v) is 11.7. The van der Waals surface area contributed by atoms with Crippen LogP contribution in [0.1, 0.15) is 5.56 Å². The third kappa shape index (κ3) is 2.81. The van der Waals surface area contributed by atoms with Crippen molar-refractivity contribution in [3.63, 3.8) is 0 Å². The molecule has 5 heteroatoms. The van der Waals surface area contributed by atoms with Gasteiger partial charge in [-0.05, 0) is 17.7 Å². The molecule has 0 fully saturated rings. The molecular weight excluding hydrogens is 283 g/mol. The van der Waals surface area contributed by atoms with Gasteiger partial charge in [0.2, 0.25) is 5.88 Å². The van der Waals surface area contributed by atoms with Crippen molar-refractivity contribution in [3.05, 3.63) is 46.1 Å². The largest absolute Gasteiger partial charge is 0.481 e. The monoisotopic (exact) mass is 292 g/mol. The molecule has 0 spiro atoms. The molecule has 0 atom stereocenters. The van der Waals surface area contributed by atoms with E-state index in [2.05, 4.69) is 11.1 Å². The molecule has 0 unspecified atom stereocenters. The van der Waals surface area contributed by atoms with Crippen molar-refractivity contribution in [2.75, 3.05) is 7.11 Å². The topological polar surface area (TPSA) is 45.9 Å². The zero-order chi connectivity index (χ0) is 13.8. The minimum absolute atomic E-state index is 0.232. The Hall–Kier alpha value is -1.76. The van der Waals surface area contributed by atoms with Gasteiger partial charge in [0.1, 0.15) is 0 Å². The van der Waals surface area contributed by atoms with Crippen LogP contribution in [-0.4, -0.2) is 12.1 Å². The highest BCUT2D eigenvalue weighted by Gasteiger charge is 2.14. The van der Waals surface area contributed by atoms with Gasteiger partial charge in [-0.3, -0.25) is 0 Å². The Morgan fingerprint density at radius 3 is 2.58 bits per heavy atom. The first-order valence-electron chi connectivity index (χ1n) is 5.51. The summed E-state index contributed by atoms with van der Waals surface area (Å²) in [6.45, 7) is 0. The van der Waals surface area contributed by atoms with Crippen molar-refractivity contribution in [2.45, 2.75) is 6.42 Å². The lowest BCUT2D eigenvalue weighted by Gasteiger charge is -2.11. The van der Waals surface area contributed by atoms with E-state index in [4.69, 9.17) is 33.2 Å². The molecule has 1 aromatic carbocycles. The summed E-state index contributed by atoms with van der Waals surface area (Å²) in [5.74, 6) is 0.456. The second kappa shape index (κ2) is 5.92. The highest BCUT2D eigenvalue weighted by molar-refractivity contribution is 6.39. The van der Waals surface area contributed by atoms with Crippen LogP contribution in [-0.2, 0) is 6.42 Å². The quantitative estimate of drug-likeness (QED) is 0.854. The molecule has 0 radical (unpaired) electrons. The van der Waals surface area contributed by atoms with Gasteiger partial charge in [0.15, 0.2) is 0 Å². The van der Waals surface area contributed by atoms with Gasteiger partial charge >= 0.3 is 0 Å². The molecule has 2 aromatic rings. The fraction of sp³-hybridized carbons (Fsp3) is 0.143. The van der Waals surface area contributed by atoms with Crippen LogP contribution in [0.2, 0.25) is 10.0 Å². The molecule has 0 saturated carbocycles. The number of pyridine rings is 1. The van der Waals surface area contributed by atoms with E-state index in [9.17, 15) is 0 Å². The number of methoxy groups -OCH3 is 1. The van der Waals surface area contributed by atoms with Crippen LogP contribution in [0, 0.1) is 11.3 Å². The molecule has 2 rings (SSSR count). The molecule has 0 saturated heterocycles. The molecule has 96 valence electrons. The van der Waals surface area contributed by atoms with Gasteiger partial charge in [0.25, 0.3) is 0 Å². The van der Waals surface area contributed by atoms with Crippen molar-refractivity contribution in [1.29, 1.82) is 5.26 Å². The summed E-state index contributed by atoms with van der Waals surface area (Å²) in [6.07, 6.45) is 1.86. The van der Waals surface area contributed by atoms with E-state index in [-0.39, 0.29) is 6.42 Å². The van der Waals surface area contributed by atoms with Crippen LogP contribution in [0.3, 0.4) is 0 Å². The third-order valence-corrected chi connectivity index (χ3v) is 3.31. The molecule has 0 aliphatic rings. The summed E-state index contributed by atoms with van der Waals surface area (Å²) < 4.78 is 5.07. The molecule has 1 heterocycles. The Morgan fingerprint density at radius 2 is 2.00 bits per heavy atom. The molecule has 1 aromatic heterocycles. The fourth-order valence-electron chi connectivity index (χ4n) is 1.80. The first kappa shape index (κ1) is 13.7. The van der Waals surface area contributed by atoms with Crippen LogP contribution in [0.25, 0.3) is 11.1 Å². The standard InChI is InChI=1S/C14H10Cl2N2O/c1-19-13-7-9(5-6-17)10(8-18-13)14-11(15)3-2-4-12(14)16/h2-4,7-8H,5H2,1H3. The van der Waals surface area contributed by atoms with Crippen LogP contribution in [0.15, 0.2) is 30.5 Å². The minimum atomic E-state index is 0.232. The van der Waals surface area contributed by atoms with E-state index in [1.54, 1.807) is 30.5 Å². The van der Waals surface area contributed by atoms with Crippen LogP contribution < -0.4 is 4.74 Å². The first-order valence-corrected chi connectivity index (χ1v) is 6.27. The SMILES string of the molecule is COc1cc(CC#N)c(-c2c(Cl)cccc2Cl)cn1. The van der Waals surface area contributed by atoms with Gasteiger partial charge in [0.05, 0.1) is 19.6 Å². The fourth-order valence-corrected chi connectivity index (χ4v) is 2.40. The number of hydrogen-bond acceptors (Lipinski definition) is 3. The summed E-state index contributed by atoms with van der Waals surface area (Å²) in [6, 6.07) is 9.11. The Bertz CT molecular complexity index is 630. The lowest BCUT2D eigenvalue weighted by atomic mass is 10.00. The van der Waals surface area contributed by atoms with Gasteiger partial charge < -0.3 is 4.74 Å². The lowest BCUT2D eigenvalue weighted by Crippen LogP contribution is -1.95. The Balaban J connectivity index is 2.65. The predicted octanol–water partition coefficient (Wildman–Crippen LogP) is 4.13. The maximum Gasteiger partial charge on any atom is 0.213 e. The summed E-state index contributed by atoms with van der Waals surface area (Å²) in [5.41, 5.74) is 2.22. The normalized spacial score (nSPS) is 10.0. The molecular formula is C14H10Cl2N2O. The second-order valence-corrected chi connectivity index (χ2v) is 4.63. The summed E-state index contributed by atoms with van der Waals surface area (Å²) in [4.78, 5) is 4.15. The van der Waals surface area contributed by atoms with Gasteiger partial charge in [-0.1, -0.05) is 29.3 Å².